The normalized spacial score (nSPS) is 10.3. The smallest absolute Gasteiger partial charge is 0.166 e. The van der Waals surface area contributed by atoms with Gasteiger partial charge in [-0.1, -0.05) is 0 Å². The van der Waals surface area contributed by atoms with Crippen molar-refractivity contribution in [2.45, 2.75) is 6.92 Å². The van der Waals surface area contributed by atoms with Gasteiger partial charge in [0.25, 0.3) is 0 Å². The van der Waals surface area contributed by atoms with Crippen LogP contribution in [0.5, 0.6) is 0 Å². The van der Waals surface area contributed by atoms with Crippen LogP contribution in [0.4, 0.5) is 5.82 Å². The van der Waals surface area contributed by atoms with E-state index in [-0.39, 0.29) is 0 Å². The number of nitrogens with one attached hydrogen (secondary N) is 1. The second-order valence-electron chi connectivity index (χ2n) is 3.17. The molecule has 6 nitrogen and oxygen atoms in total. The standard InChI is InChI=1S/C9H12N6/c1-6-7(5-13-15(6)2)8-9(14-10)12-4-3-11-8/h3-5H,10H2,1-2H3,(H,12,14). The van der Waals surface area contributed by atoms with Crippen LogP contribution in [0.25, 0.3) is 11.3 Å². The zero-order chi connectivity index (χ0) is 10.8. The summed E-state index contributed by atoms with van der Waals surface area (Å²) < 4.78 is 1.78. The van der Waals surface area contributed by atoms with Crippen LogP contribution in [0, 0.1) is 6.92 Å². The molecular formula is C9H12N6. The molecule has 0 atom stereocenters. The fourth-order valence-corrected chi connectivity index (χ4v) is 1.37. The summed E-state index contributed by atoms with van der Waals surface area (Å²) in [5.74, 6) is 5.91. The Morgan fingerprint density at radius 2 is 2.07 bits per heavy atom. The fraction of sp³-hybridized carbons (Fsp3) is 0.222. The van der Waals surface area contributed by atoms with E-state index in [1.807, 2.05) is 14.0 Å². The third kappa shape index (κ3) is 1.55. The molecule has 78 valence electrons. The van der Waals surface area contributed by atoms with E-state index in [2.05, 4.69) is 20.5 Å². The second kappa shape index (κ2) is 3.66. The molecule has 0 amide bonds. The van der Waals surface area contributed by atoms with Gasteiger partial charge in [0.1, 0.15) is 5.69 Å². The minimum absolute atomic E-state index is 0.550. The van der Waals surface area contributed by atoms with Gasteiger partial charge in [-0.25, -0.2) is 10.8 Å². The van der Waals surface area contributed by atoms with E-state index < -0.39 is 0 Å². The fourth-order valence-electron chi connectivity index (χ4n) is 1.37. The van der Waals surface area contributed by atoms with Gasteiger partial charge in [0, 0.05) is 30.7 Å². The number of aryl methyl sites for hydroxylation is 1. The van der Waals surface area contributed by atoms with E-state index in [0.29, 0.717) is 11.5 Å². The van der Waals surface area contributed by atoms with E-state index in [4.69, 9.17) is 5.84 Å². The average molecular weight is 204 g/mol. The molecule has 3 N–H and O–H groups in total. The zero-order valence-corrected chi connectivity index (χ0v) is 8.60. The molecule has 0 aliphatic heterocycles. The quantitative estimate of drug-likeness (QED) is 0.549. The molecule has 15 heavy (non-hydrogen) atoms. The molecule has 0 bridgehead atoms. The number of hydrazine groups is 1. The Balaban J connectivity index is 2.58. The minimum Gasteiger partial charge on any atom is -0.307 e. The van der Waals surface area contributed by atoms with Crippen LogP contribution in [0.3, 0.4) is 0 Å². The summed E-state index contributed by atoms with van der Waals surface area (Å²) in [5.41, 5.74) is 5.18. The summed E-state index contributed by atoms with van der Waals surface area (Å²) in [6, 6.07) is 0. The molecule has 6 heteroatoms. The highest BCUT2D eigenvalue weighted by Crippen LogP contribution is 2.25. The van der Waals surface area contributed by atoms with Crippen molar-refractivity contribution >= 4 is 5.82 Å². The summed E-state index contributed by atoms with van der Waals surface area (Å²) >= 11 is 0. The van der Waals surface area contributed by atoms with Gasteiger partial charge in [0.2, 0.25) is 0 Å². The van der Waals surface area contributed by atoms with Crippen LogP contribution >= 0.6 is 0 Å². The lowest BCUT2D eigenvalue weighted by Crippen LogP contribution is -2.10. The van der Waals surface area contributed by atoms with Crippen molar-refractivity contribution in [1.29, 1.82) is 0 Å². The topological polar surface area (TPSA) is 81.7 Å². The number of anilines is 1. The molecule has 0 aromatic carbocycles. The number of rotatable bonds is 2. The summed E-state index contributed by atoms with van der Waals surface area (Å²) in [5, 5.41) is 4.15. The monoisotopic (exact) mass is 204 g/mol. The number of nitrogen functional groups attached to an aromatic ring is 1. The maximum Gasteiger partial charge on any atom is 0.166 e. The highest BCUT2D eigenvalue weighted by molar-refractivity contribution is 5.71. The number of aromatic nitrogens is 4. The van der Waals surface area contributed by atoms with Crippen LogP contribution in [0.2, 0.25) is 0 Å². The van der Waals surface area contributed by atoms with Gasteiger partial charge in [0.15, 0.2) is 5.82 Å². The first-order chi connectivity index (χ1) is 7.24. The molecular weight excluding hydrogens is 192 g/mol. The summed E-state index contributed by atoms with van der Waals surface area (Å²) in [7, 11) is 1.88. The lowest BCUT2D eigenvalue weighted by molar-refractivity contribution is 0.740. The average Bonchev–Trinajstić information content (AvgIpc) is 2.60. The molecule has 2 heterocycles. The Labute approximate surface area is 87.1 Å². The highest BCUT2D eigenvalue weighted by Gasteiger charge is 2.12. The van der Waals surface area contributed by atoms with Crippen LogP contribution in [-0.2, 0) is 7.05 Å². The zero-order valence-electron chi connectivity index (χ0n) is 8.60. The van der Waals surface area contributed by atoms with Gasteiger partial charge in [-0.2, -0.15) is 5.10 Å². The molecule has 0 spiro atoms. The van der Waals surface area contributed by atoms with Gasteiger partial charge >= 0.3 is 0 Å². The first-order valence-corrected chi connectivity index (χ1v) is 4.50. The van der Waals surface area contributed by atoms with Crippen molar-refractivity contribution in [3.8, 4) is 11.3 Å². The van der Waals surface area contributed by atoms with Crippen molar-refractivity contribution in [3.63, 3.8) is 0 Å². The van der Waals surface area contributed by atoms with Gasteiger partial charge in [-0.3, -0.25) is 9.67 Å². The Hall–Kier alpha value is -1.95. The molecule has 0 saturated heterocycles. The number of hydrogen-bond acceptors (Lipinski definition) is 5. The summed E-state index contributed by atoms with van der Waals surface area (Å²) in [4.78, 5) is 8.32. The van der Waals surface area contributed by atoms with Gasteiger partial charge < -0.3 is 5.43 Å². The molecule has 2 aromatic rings. The van der Waals surface area contributed by atoms with E-state index >= 15 is 0 Å². The molecule has 2 aromatic heterocycles. The maximum atomic E-state index is 5.37. The van der Waals surface area contributed by atoms with Crippen molar-refractivity contribution in [1.82, 2.24) is 19.7 Å². The first kappa shape index (κ1) is 9.60. The lowest BCUT2D eigenvalue weighted by atomic mass is 10.2. The molecule has 0 fully saturated rings. The molecule has 0 unspecified atom stereocenters. The van der Waals surface area contributed by atoms with Crippen molar-refractivity contribution < 1.29 is 0 Å². The van der Waals surface area contributed by atoms with Crippen LogP contribution < -0.4 is 11.3 Å². The Morgan fingerprint density at radius 3 is 2.67 bits per heavy atom. The van der Waals surface area contributed by atoms with Crippen molar-refractivity contribution in [2.75, 3.05) is 5.43 Å². The largest absolute Gasteiger partial charge is 0.307 e. The third-order valence-electron chi connectivity index (χ3n) is 2.33. The first-order valence-electron chi connectivity index (χ1n) is 4.50. The van der Waals surface area contributed by atoms with Gasteiger partial charge in [-0.05, 0) is 6.92 Å². The van der Waals surface area contributed by atoms with Crippen LogP contribution in [0.1, 0.15) is 5.69 Å². The Kier molecular flexibility index (Phi) is 2.34. The van der Waals surface area contributed by atoms with Crippen LogP contribution in [0.15, 0.2) is 18.6 Å². The maximum absolute atomic E-state index is 5.37. The second-order valence-corrected chi connectivity index (χ2v) is 3.17. The number of hydrogen-bond donors (Lipinski definition) is 2. The van der Waals surface area contributed by atoms with E-state index in [1.165, 1.54) is 0 Å². The van der Waals surface area contributed by atoms with E-state index in [1.54, 1.807) is 23.3 Å². The summed E-state index contributed by atoms with van der Waals surface area (Å²) in [6.45, 7) is 1.97. The van der Waals surface area contributed by atoms with E-state index in [0.717, 1.165) is 11.3 Å². The summed E-state index contributed by atoms with van der Waals surface area (Å²) in [6.07, 6.45) is 4.97. The lowest BCUT2D eigenvalue weighted by Gasteiger charge is -2.05. The predicted molar refractivity (Wildman–Crippen MR) is 56.8 cm³/mol. The van der Waals surface area contributed by atoms with Crippen molar-refractivity contribution in [2.24, 2.45) is 12.9 Å². The Bertz CT molecular complexity index is 475. The third-order valence-corrected chi connectivity index (χ3v) is 2.33. The highest BCUT2D eigenvalue weighted by atomic mass is 15.3. The Morgan fingerprint density at radius 1 is 1.33 bits per heavy atom. The predicted octanol–water partition coefficient (Wildman–Crippen LogP) is 0.471. The molecule has 0 aliphatic carbocycles. The molecule has 0 radical (unpaired) electrons. The number of nitrogens with zero attached hydrogens (tertiary/aromatic N) is 4. The van der Waals surface area contributed by atoms with Gasteiger partial charge in [0.05, 0.1) is 6.20 Å². The van der Waals surface area contributed by atoms with E-state index in [9.17, 15) is 0 Å². The number of nitrogens with two attached hydrogens (primary N) is 1. The minimum atomic E-state index is 0.550. The SMILES string of the molecule is Cc1c(-c2nccnc2NN)cnn1C. The molecule has 2 rings (SSSR count). The van der Waals surface area contributed by atoms with Crippen molar-refractivity contribution in [3.05, 3.63) is 24.3 Å². The van der Waals surface area contributed by atoms with Crippen LogP contribution in [-0.4, -0.2) is 19.7 Å². The molecule has 0 aliphatic rings. The van der Waals surface area contributed by atoms with Gasteiger partial charge in [-0.15, -0.1) is 0 Å². The molecule has 0 saturated carbocycles.